The molecule has 4 aromatic rings. The van der Waals surface area contributed by atoms with Gasteiger partial charge in [-0.25, -0.2) is 10.4 Å². The van der Waals surface area contributed by atoms with Crippen LogP contribution in [0.5, 0.6) is 5.75 Å². The molecular weight excluding hydrogens is 504 g/mol. The molecule has 0 bridgehead atoms. The minimum atomic E-state index is -0.274. The molecule has 2 heterocycles. The first-order valence-electron chi connectivity index (χ1n) is 12.4. The van der Waals surface area contributed by atoms with Gasteiger partial charge < -0.3 is 4.74 Å². The summed E-state index contributed by atoms with van der Waals surface area (Å²) in [5, 5.41) is 5.31. The number of hydrogen-bond donors (Lipinski definition) is 1. The normalized spacial score (nSPS) is 13.1. The number of para-hydroxylation sites is 1. The van der Waals surface area contributed by atoms with Gasteiger partial charge in [-0.05, 0) is 79.6 Å². The van der Waals surface area contributed by atoms with Crippen molar-refractivity contribution in [2.75, 3.05) is 12.4 Å². The number of rotatable bonds is 9. The van der Waals surface area contributed by atoms with Crippen LogP contribution in [0.1, 0.15) is 42.2 Å². The number of nitrogens with zero attached hydrogens (tertiary/aromatic N) is 3. The van der Waals surface area contributed by atoms with Gasteiger partial charge in [0.1, 0.15) is 10.6 Å². The monoisotopic (exact) mass is 532 g/mol. The molecule has 0 spiro atoms. The Morgan fingerprint density at radius 2 is 1.95 bits per heavy atom. The molecular formula is C28H28N4O3S2. The molecule has 37 heavy (non-hydrogen) atoms. The third-order valence-corrected chi connectivity index (χ3v) is 8.19. The number of amides is 1. The summed E-state index contributed by atoms with van der Waals surface area (Å²) in [4.78, 5) is 33.2. The average molecular weight is 533 g/mol. The van der Waals surface area contributed by atoms with Crippen LogP contribution in [-0.2, 0) is 17.6 Å². The second-order valence-corrected chi connectivity index (χ2v) is 10.8. The molecule has 0 aliphatic heterocycles. The maximum Gasteiger partial charge on any atom is 0.267 e. The number of ether oxygens (including phenoxy) is 1. The first-order chi connectivity index (χ1) is 18.1. The summed E-state index contributed by atoms with van der Waals surface area (Å²) in [6.45, 7) is 2.74. The number of carbonyl (C=O) groups is 1. The molecule has 0 saturated heterocycles. The van der Waals surface area contributed by atoms with Crippen LogP contribution in [0.3, 0.4) is 0 Å². The highest BCUT2D eigenvalue weighted by atomic mass is 32.2. The van der Waals surface area contributed by atoms with Gasteiger partial charge in [-0.2, -0.15) is 5.10 Å². The Morgan fingerprint density at radius 1 is 1.16 bits per heavy atom. The predicted molar refractivity (Wildman–Crippen MR) is 151 cm³/mol. The Morgan fingerprint density at radius 3 is 2.73 bits per heavy atom. The number of benzene rings is 2. The molecule has 0 unspecified atom stereocenters. The second-order valence-electron chi connectivity index (χ2n) is 8.76. The van der Waals surface area contributed by atoms with E-state index in [1.807, 2.05) is 54.6 Å². The van der Waals surface area contributed by atoms with Crippen LogP contribution in [0.2, 0.25) is 0 Å². The fraction of sp³-hybridized carbons (Fsp3) is 0.286. The number of hydrogen-bond acceptors (Lipinski definition) is 7. The molecule has 7 nitrogen and oxygen atoms in total. The summed E-state index contributed by atoms with van der Waals surface area (Å²) >= 11 is 2.85. The van der Waals surface area contributed by atoms with Crippen LogP contribution in [0.4, 0.5) is 0 Å². The van der Waals surface area contributed by atoms with Gasteiger partial charge in [0.25, 0.3) is 11.5 Å². The Bertz CT molecular complexity index is 1480. The Balaban J connectivity index is 1.32. The van der Waals surface area contributed by atoms with E-state index >= 15 is 0 Å². The molecule has 0 saturated carbocycles. The zero-order valence-electron chi connectivity index (χ0n) is 20.6. The summed E-state index contributed by atoms with van der Waals surface area (Å²) in [6.07, 6.45) is 6.70. The van der Waals surface area contributed by atoms with Crippen molar-refractivity contribution in [2.24, 2.45) is 5.10 Å². The number of nitrogens with one attached hydrogen (secondary N) is 1. The van der Waals surface area contributed by atoms with Gasteiger partial charge in [-0.15, -0.1) is 11.3 Å². The Hall–Kier alpha value is -3.43. The van der Waals surface area contributed by atoms with E-state index in [9.17, 15) is 9.59 Å². The standard InChI is InChI=1S/C28H28N4O3S2/c1-2-16-35-21-14-12-19(13-15-21)17-29-31-24(33)18-36-28-30-26-25(22-10-6-7-11-23(22)37-26)27(34)32(28)20-8-4-3-5-9-20/h3-5,8-9,12-15,17H,2,6-7,10-11,16,18H2,1H3,(H,31,33)/b29-17-. The fourth-order valence-electron chi connectivity index (χ4n) is 4.30. The van der Waals surface area contributed by atoms with Gasteiger partial charge in [0.05, 0.1) is 29.6 Å². The molecule has 0 radical (unpaired) electrons. The van der Waals surface area contributed by atoms with Crippen LogP contribution in [0.25, 0.3) is 15.9 Å². The minimum absolute atomic E-state index is 0.0668. The molecule has 1 amide bonds. The predicted octanol–water partition coefficient (Wildman–Crippen LogP) is 5.36. The number of carbonyl (C=O) groups excluding carboxylic acids is 1. The summed E-state index contributed by atoms with van der Waals surface area (Å²) in [5.74, 6) is 0.611. The van der Waals surface area contributed by atoms with E-state index in [-0.39, 0.29) is 17.2 Å². The lowest BCUT2D eigenvalue weighted by Crippen LogP contribution is -2.24. The van der Waals surface area contributed by atoms with E-state index < -0.39 is 0 Å². The Labute approximate surface area is 223 Å². The van der Waals surface area contributed by atoms with Gasteiger partial charge in [-0.1, -0.05) is 36.9 Å². The Kier molecular flexibility index (Phi) is 8.01. The van der Waals surface area contributed by atoms with Crippen LogP contribution in [0.15, 0.2) is 69.6 Å². The summed E-state index contributed by atoms with van der Waals surface area (Å²) in [5.41, 5.74) is 5.25. The molecule has 2 aromatic heterocycles. The topological polar surface area (TPSA) is 85.6 Å². The lowest BCUT2D eigenvalue weighted by molar-refractivity contribution is -0.118. The van der Waals surface area contributed by atoms with Crippen molar-refractivity contribution in [3.63, 3.8) is 0 Å². The van der Waals surface area contributed by atoms with Crippen molar-refractivity contribution in [3.05, 3.63) is 81.0 Å². The molecule has 0 atom stereocenters. The number of aromatic nitrogens is 2. The van der Waals surface area contributed by atoms with Crippen molar-refractivity contribution in [2.45, 2.75) is 44.2 Å². The van der Waals surface area contributed by atoms with E-state index in [1.54, 1.807) is 22.1 Å². The first kappa shape index (κ1) is 25.2. The van der Waals surface area contributed by atoms with Crippen molar-refractivity contribution in [1.29, 1.82) is 0 Å². The van der Waals surface area contributed by atoms with Crippen LogP contribution in [-0.4, -0.2) is 34.0 Å². The van der Waals surface area contributed by atoms with Crippen molar-refractivity contribution in [3.8, 4) is 11.4 Å². The summed E-state index contributed by atoms with van der Waals surface area (Å²) < 4.78 is 7.21. The smallest absolute Gasteiger partial charge is 0.267 e. The highest BCUT2D eigenvalue weighted by Gasteiger charge is 2.23. The van der Waals surface area contributed by atoms with Crippen LogP contribution in [0, 0.1) is 0 Å². The number of thioether (sulfide) groups is 1. The fourth-order valence-corrected chi connectivity index (χ4v) is 6.41. The number of hydrazone groups is 1. The highest BCUT2D eigenvalue weighted by Crippen LogP contribution is 2.35. The maximum atomic E-state index is 13.7. The highest BCUT2D eigenvalue weighted by molar-refractivity contribution is 7.99. The van der Waals surface area contributed by atoms with Crippen LogP contribution >= 0.6 is 23.1 Å². The van der Waals surface area contributed by atoms with E-state index in [0.717, 1.165) is 64.9 Å². The summed E-state index contributed by atoms with van der Waals surface area (Å²) in [6, 6.07) is 17.0. The molecule has 1 N–H and O–H groups in total. The maximum absolute atomic E-state index is 13.7. The lowest BCUT2D eigenvalue weighted by Gasteiger charge is -2.13. The lowest BCUT2D eigenvalue weighted by atomic mass is 9.97. The van der Waals surface area contributed by atoms with Gasteiger partial charge >= 0.3 is 0 Å². The van der Waals surface area contributed by atoms with E-state index in [2.05, 4.69) is 17.5 Å². The van der Waals surface area contributed by atoms with Crippen LogP contribution < -0.4 is 15.7 Å². The quantitative estimate of drug-likeness (QED) is 0.136. The summed E-state index contributed by atoms with van der Waals surface area (Å²) in [7, 11) is 0. The SMILES string of the molecule is CCCOc1ccc(/C=N\NC(=O)CSc2nc3sc4c(c3c(=O)n2-c2ccccc2)CCCC4)cc1. The molecule has 0 fully saturated rings. The molecule has 5 rings (SSSR count). The zero-order chi connectivity index (χ0) is 25.6. The van der Waals surface area contributed by atoms with E-state index in [1.165, 1.54) is 16.6 Å². The van der Waals surface area contributed by atoms with Gasteiger partial charge in [-0.3, -0.25) is 14.2 Å². The zero-order valence-corrected chi connectivity index (χ0v) is 22.2. The second kappa shape index (κ2) is 11.7. The molecule has 1 aliphatic rings. The first-order valence-corrected chi connectivity index (χ1v) is 14.2. The largest absolute Gasteiger partial charge is 0.494 e. The third kappa shape index (κ3) is 5.78. The van der Waals surface area contributed by atoms with Gasteiger partial charge in [0, 0.05) is 4.88 Å². The average Bonchev–Trinajstić information content (AvgIpc) is 3.31. The van der Waals surface area contributed by atoms with E-state index in [0.29, 0.717) is 11.8 Å². The van der Waals surface area contributed by atoms with E-state index in [4.69, 9.17) is 9.72 Å². The molecule has 190 valence electrons. The molecule has 1 aliphatic carbocycles. The van der Waals surface area contributed by atoms with Crippen molar-refractivity contribution in [1.82, 2.24) is 15.0 Å². The molecule has 2 aromatic carbocycles. The minimum Gasteiger partial charge on any atom is -0.494 e. The van der Waals surface area contributed by atoms with Crippen molar-refractivity contribution < 1.29 is 9.53 Å². The third-order valence-electron chi connectivity index (χ3n) is 6.06. The van der Waals surface area contributed by atoms with Crippen molar-refractivity contribution >= 4 is 45.4 Å². The number of thiophene rings is 1. The van der Waals surface area contributed by atoms with Gasteiger partial charge in [0.2, 0.25) is 0 Å². The number of fused-ring (bicyclic) bond motifs is 3. The van der Waals surface area contributed by atoms with Gasteiger partial charge in [0.15, 0.2) is 5.16 Å². The molecule has 9 heteroatoms. The number of aryl methyl sites for hydroxylation is 2.